The molecule has 0 spiro atoms. The van der Waals surface area contributed by atoms with Gasteiger partial charge >= 0.3 is 0 Å². The molecule has 1 amide bonds. The number of amides is 1. The maximum atomic E-state index is 12.5. The van der Waals surface area contributed by atoms with Gasteiger partial charge in [0, 0.05) is 17.8 Å². The zero-order valence-corrected chi connectivity index (χ0v) is 18.8. The standard InChI is InChI=1S/C18H22ClN3O5S2/c1-13-8-9-16(11-17(13)19)22(29(4,26)27)12-18(23)20-14-6-5-7-15(10-14)21(2)28(3,24)25/h5-11H,12H2,1-4H3,(H,20,23). The van der Waals surface area contributed by atoms with Crippen molar-refractivity contribution in [1.82, 2.24) is 0 Å². The summed E-state index contributed by atoms with van der Waals surface area (Å²) in [4.78, 5) is 12.5. The van der Waals surface area contributed by atoms with Crippen LogP contribution in [0.15, 0.2) is 42.5 Å². The van der Waals surface area contributed by atoms with E-state index in [0.717, 1.165) is 26.7 Å². The van der Waals surface area contributed by atoms with Crippen molar-refractivity contribution in [2.45, 2.75) is 6.92 Å². The maximum absolute atomic E-state index is 12.5. The maximum Gasteiger partial charge on any atom is 0.245 e. The summed E-state index contributed by atoms with van der Waals surface area (Å²) >= 11 is 6.08. The molecule has 0 saturated heterocycles. The quantitative estimate of drug-likeness (QED) is 0.684. The summed E-state index contributed by atoms with van der Waals surface area (Å²) in [5.74, 6) is -0.591. The minimum Gasteiger partial charge on any atom is -0.324 e. The van der Waals surface area contributed by atoms with E-state index in [1.165, 1.54) is 19.2 Å². The number of nitrogens with zero attached hydrogens (tertiary/aromatic N) is 2. The van der Waals surface area contributed by atoms with Gasteiger partial charge in [0.05, 0.1) is 23.9 Å². The number of sulfonamides is 2. The zero-order chi connectivity index (χ0) is 22.0. The molecule has 2 aromatic rings. The number of aryl methyl sites for hydroxylation is 1. The van der Waals surface area contributed by atoms with Gasteiger partial charge in [-0.3, -0.25) is 13.4 Å². The van der Waals surface area contributed by atoms with Crippen molar-refractivity contribution in [2.24, 2.45) is 0 Å². The van der Waals surface area contributed by atoms with E-state index in [9.17, 15) is 21.6 Å². The zero-order valence-electron chi connectivity index (χ0n) is 16.4. The van der Waals surface area contributed by atoms with Crippen LogP contribution in [0, 0.1) is 6.92 Å². The summed E-state index contributed by atoms with van der Waals surface area (Å²) in [6.07, 6.45) is 2.06. The van der Waals surface area contributed by atoms with E-state index in [1.807, 2.05) is 0 Å². The molecule has 0 bridgehead atoms. The highest BCUT2D eigenvalue weighted by atomic mass is 35.5. The van der Waals surface area contributed by atoms with Crippen LogP contribution in [0.3, 0.4) is 0 Å². The molecular formula is C18H22ClN3O5S2. The van der Waals surface area contributed by atoms with Crippen LogP contribution in [-0.4, -0.2) is 48.8 Å². The minimum absolute atomic E-state index is 0.267. The Bertz CT molecular complexity index is 1130. The van der Waals surface area contributed by atoms with Crippen LogP contribution < -0.4 is 13.9 Å². The Labute approximate surface area is 176 Å². The molecule has 0 aliphatic rings. The van der Waals surface area contributed by atoms with E-state index in [0.29, 0.717) is 16.4 Å². The molecule has 11 heteroatoms. The van der Waals surface area contributed by atoms with E-state index >= 15 is 0 Å². The molecule has 0 heterocycles. The first-order chi connectivity index (χ1) is 13.3. The molecule has 0 unspecified atom stereocenters. The number of carbonyl (C=O) groups is 1. The number of halogens is 1. The number of hydrogen-bond acceptors (Lipinski definition) is 5. The van der Waals surface area contributed by atoms with E-state index < -0.39 is 32.5 Å². The van der Waals surface area contributed by atoms with Gasteiger partial charge < -0.3 is 5.32 Å². The Kier molecular flexibility index (Phi) is 6.82. The third-order valence-electron chi connectivity index (χ3n) is 4.12. The first-order valence-electron chi connectivity index (χ1n) is 8.37. The Morgan fingerprint density at radius 2 is 1.66 bits per heavy atom. The van der Waals surface area contributed by atoms with Gasteiger partial charge in [-0.25, -0.2) is 16.8 Å². The van der Waals surface area contributed by atoms with Crippen LogP contribution in [0.5, 0.6) is 0 Å². The summed E-state index contributed by atoms with van der Waals surface area (Å²) in [5.41, 5.74) is 1.73. The molecule has 1 N–H and O–H groups in total. The van der Waals surface area contributed by atoms with Crippen molar-refractivity contribution in [1.29, 1.82) is 0 Å². The fourth-order valence-electron chi connectivity index (χ4n) is 2.44. The van der Waals surface area contributed by atoms with Crippen molar-refractivity contribution in [3.63, 3.8) is 0 Å². The normalized spacial score (nSPS) is 11.8. The number of benzene rings is 2. The summed E-state index contributed by atoms with van der Waals surface area (Å²) in [6.45, 7) is 1.31. The van der Waals surface area contributed by atoms with Crippen LogP contribution in [0.1, 0.15) is 5.56 Å². The number of hydrogen-bond donors (Lipinski definition) is 1. The van der Waals surface area contributed by atoms with Crippen molar-refractivity contribution in [3.8, 4) is 0 Å². The third kappa shape index (κ3) is 6.09. The minimum atomic E-state index is -3.75. The highest BCUT2D eigenvalue weighted by Gasteiger charge is 2.22. The van der Waals surface area contributed by atoms with Gasteiger partial charge in [0.1, 0.15) is 6.54 Å². The van der Waals surface area contributed by atoms with E-state index in [4.69, 9.17) is 11.6 Å². The molecule has 0 saturated carbocycles. The van der Waals surface area contributed by atoms with Crippen LogP contribution in [0.4, 0.5) is 17.1 Å². The SMILES string of the molecule is Cc1ccc(N(CC(=O)Nc2cccc(N(C)S(C)(=O)=O)c2)S(C)(=O)=O)cc1Cl. The molecule has 158 valence electrons. The predicted octanol–water partition coefficient (Wildman–Crippen LogP) is 2.45. The Balaban J connectivity index is 2.24. The third-order valence-corrected chi connectivity index (χ3v) is 6.88. The van der Waals surface area contributed by atoms with Crippen LogP contribution in [0.2, 0.25) is 5.02 Å². The molecule has 8 nitrogen and oxygen atoms in total. The molecule has 0 aliphatic carbocycles. The number of rotatable bonds is 7. The average Bonchev–Trinajstić information content (AvgIpc) is 2.60. The second kappa shape index (κ2) is 8.60. The van der Waals surface area contributed by atoms with Crippen LogP contribution >= 0.6 is 11.6 Å². The molecule has 0 aliphatic heterocycles. The Morgan fingerprint density at radius 3 is 2.21 bits per heavy atom. The molecular weight excluding hydrogens is 438 g/mol. The first kappa shape index (κ1) is 23.0. The fraction of sp³-hybridized carbons (Fsp3) is 0.278. The average molecular weight is 460 g/mol. The monoisotopic (exact) mass is 459 g/mol. The van der Waals surface area contributed by atoms with Crippen molar-refractivity contribution in [2.75, 3.05) is 40.0 Å². The van der Waals surface area contributed by atoms with Gasteiger partial charge in [-0.05, 0) is 42.8 Å². The molecule has 29 heavy (non-hydrogen) atoms. The summed E-state index contributed by atoms with van der Waals surface area (Å²) in [5, 5.41) is 2.97. The lowest BCUT2D eigenvalue weighted by Crippen LogP contribution is -2.37. The predicted molar refractivity (Wildman–Crippen MR) is 117 cm³/mol. The number of carbonyl (C=O) groups excluding carboxylic acids is 1. The molecule has 0 fully saturated rings. The molecule has 2 aromatic carbocycles. The number of anilines is 3. The van der Waals surface area contributed by atoms with E-state index in [-0.39, 0.29) is 5.69 Å². The van der Waals surface area contributed by atoms with Crippen LogP contribution in [0.25, 0.3) is 0 Å². The lowest BCUT2D eigenvalue weighted by atomic mass is 10.2. The lowest BCUT2D eigenvalue weighted by molar-refractivity contribution is -0.114. The molecule has 0 atom stereocenters. The van der Waals surface area contributed by atoms with Crippen molar-refractivity contribution in [3.05, 3.63) is 53.1 Å². The fourth-order valence-corrected chi connectivity index (χ4v) is 3.96. The van der Waals surface area contributed by atoms with E-state index in [1.54, 1.807) is 37.3 Å². The van der Waals surface area contributed by atoms with Crippen LogP contribution in [-0.2, 0) is 24.8 Å². The van der Waals surface area contributed by atoms with E-state index in [2.05, 4.69) is 5.32 Å². The highest BCUT2D eigenvalue weighted by Crippen LogP contribution is 2.25. The van der Waals surface area contributed by atoms with Gasteiger partial charge in [0.25, 0.3) is 0 Å². The number of nitrogens with one attached hydrogen (secondary N) is 1. The van der Waals surface area contributed by atoms with Crippen molar-refractivity contribution >= 4 is 54.6 Å². The summed E-state index contributed by atoms with van der Waals surface area (Å²) in [6, 6.07) is 10.9. The topological polar surface area (TPSA) is 104 Å². The first-order valence-corrected chi connectivity index (χ1v) is 12.4. The van der Waals surface area contributed by atoms with Gasteiger partial charge in [-0.1, -0.05) is 23.7 Å². The summed E-state index contributed by atoms with van der Waals surface area (Å²) < 4.78 is 49.8. The second-order valence-corrected chi connectivity index (χ2v) is 10.9. The van der Waals surface area contributed by atoms with Gasteiger partial charge in [-0.15, -0.1) is 0 Å². The summed E-state index contributed by atoms with van der Waals surface area (Å²) in [7, 11) is -5.82. The smallest absolute Gasteiger partial charge is 0.245 e. The Morgan fingerprint density at radius 1 is 1.00 bits per heavy atom. The Hall–Kier alpha value is -2.30. The molecule has 0 radical (unpaired) electrons. The lowest BCUT2D eigenvalue weighted by Gasteiger charge is -2.22. The molecule has 2 rings (SSSR count). The van der Waals surface area contributed by atoms with Gasteiger partial charge in [-0.2, -0.15) is 0 Å². The van der Waals surface area contributed by atoms with Gasteiger partial charge in [0.15, 0.2) is 0 Å². The van der Waals surface area contributed by atoms with Crippen molar-refractivity contribution < 1.29 is 21.6 Å². The largest absolute Gasteiger partial charge is 0.324 e. The molecule has 0 aromatic heterocycles. The second-order valence-electron chi connectivity index (χ2n) is 6.53. The highest BCUT2D eigenvalue weighted by molar-refractivity contribution is 7.92. The van der Waals surface area contributed by atoms with Gasteiger partial charge in [0.2, 0.25) is 26.0 Å².